The maximum absolute atomic E-state index is 10.3. The lowest BCUT2D eigenvalue weighted by Gasteiger charge is -2.38. The lowest BCUT2D eigenvalue weighted by atomic mass is 9.72. The van der Waals surface area contributed by atoms with E-state index in [4.69, 9.17) is 0 Å². The van der Waals surface area contributed by atoms with Crippen molar-refractivity contribution in [2.24, 2.45) is 13.0 Å². The molecule has 0 saturated heterocycles. The predicted molar refractivity (Wildman–Crippen MR) is 54.9 cm³/mol. The molecular formula is C11H18N2O. The van der Waals surface area contributed by atoms with Gasteiger partial charge in [-0.15, -0.1) is 0 Å². The van der Waals surface area contributed by atoms with Crippen molar-refractivity contribution in [3.63, 3.8) is 0 Å². The number of hydrogen-bond donors (Lipinski definition) is 1. The van der Waals surface area contributed by atoms with Crippen molar-refractivity contribution in [2.45, 2.75) is 38.2 Å². The molecule has 1 aromatic rings. The Morgan fingerprint density at radius 3 is 2.79 bits per heavy atom. The molecule has 14 heavy (non-hydrogen) atoms. The summed E-state index contributed by atoms with van der Waals surface area (Å²) in [6.45, 7) is 1.94. The summed E-state index contributed by atoms with van der Waals surface area (Å²) in [6, 6.07) is 0. The fraction of sp³-hybridized carbons (Fsp3) is 0.727. The number of nitrogens with zero attached hydrogens (tertiary/aromatic N) is 2. The zero-order chi connectivity index (χ0) is 10.2. The maximum Gasteiger partial charge on any atom is 0.111 e. The molecular weight excluding hydrogens is 176 g/mol. The molecule has 1 N–H and O–H groups in total. The van der Waals surface area contributed by atoms with Crippen LogP contribution in [0.4, 0.5) is 0 Å². The Morgan fingerprint density at radius 2 is 2.36 bits per heavy atom. The molecule has 1 aliphatic rings. The third kappa shape index (κ3) is 1.69. The van der Waals surface area contributed by atoms with Crippen LogP contribution in [0.1, 0.15) is 32.0 Å². The summed E-state index contributed by atoms with van der Waals surface area (Å²) >= 11 is 0. The van der Waals surface area contributed by atoms with Crippen molar-refractivity contribution in [1.29, 1.82) is 0 Å². The van der Waals surface area contributed by atoms with Gasteiger partial charge in [-0.2, -0.15) is 0 Å². The van der Waals surface area contributed by atoms with E-state index in [1.165, 1.54) is 6.42 Å². The molecule has 0 radical (unpaired) electrons. The fourth-order valence-electron chi connectivity index (χ4n) is 2.06. The minimum atomic E-state index is -0.572. The smallest absolute Gasteiger partial charge is 0.111 e. The van der Waals surface area contributed by atoms with Crippen molar-refractivity contribution in [1.82, 2.24) is 9.55 Å². The topological polar surface area (TPSA) is 38.0 Å². The zero-order valence-corrected chi connectivity index (χ0v) is 8.90. The second kappa shape index (κ2) is 3.39. The Kier molecular flexibility index (Phi) is 2.35. The standard InChI is InChI=1S/C11H18N2O/c1-11(14,9-4-3-5-9)8-10-12-6-7-13(10)2/h6-7,9,14H,3-5,8H2,1-2H3. The van der Waals surface area contributed by atoms with Crippen molar-refractivity contribution >= 4 is 0 Å². The Labute approximate surface area is 84.8 Å². The van der Waals surface area contributed by atoms with Crippen molar-refractivity contribution in [3.8, 4) is 0 Å². The highest BCUT2D eigenvalue weighted by molar-refractivity contribution is 5.00. The molecule has 0 bridgehead atoms. The second-order valence-electron chi connectivity index (χ2n) is 4.62. The number of imidazole rings is 1. The molecule has 0 amide bonds. The van der Waals surface area contributed by atoms with Crippen LogP contribution in [0.25, 0.3) is 0 Å². The van der Waals surface area contributed by atoms with Crippen LogP contribution in [0.2, 0.25) is 0 Å². The molecule has 1 unspecified atom stereocenters. The van der Waals surface area contributed by atoms with Gasteiger partial charge in [0.15, 0.2) is 0 Å². The normalized spacial score (nSPS) is 21.6. The summed E-state index contributed by atoms with van der Waals surface area (Å²) in [5.41, 5.74) is -0.572. The van der Waals surface area contributed by atoms with E-state index in [2.05, 4.69) is 4.98 Å². The number of hydrogen-bond acceptors (Lipinski definition) is 2. The average molecular weight is 194 g/mol. The van der Waals surface area contributed by atoms with E-state index in [9.17, 15) is 5.11 Å². The third-order valence-electron chi connectivity index (χ3n) is 3.42. The molecule has 3 nitrogen and oxygen atoms in total. The Balaban J connectivity index is 2.05. The van der Waals surface area contributed by atoms with Gasteiger partial charge in [0.2, 0.25) is 0 Å². The van der Waals surface area contributed by atoms with E-state index < -0.39 is 5.60 Å². The van der Waals surface area contributed by atoms with E-state index in [0.29, 0.717) is 12.3 Å². The molecule has 2 rings (SSSR count). The van der Waals surface area contributed by atoms with E-state index in [1.54, 1.807) is 6.20 Å². The lowest BCUT2D eigenvalue weighted by Crippen LogP contribution is -2.41. The first-order valence-corrected chi connectivity index (χ1v) is 5.28. The van der Waals surface area contributed by atoms with Crippen molar-refractivity contribution < 1.29 is 5.11 Å². The van der Waals surface area contributed by atoms with Gasteiger partial charge in [-0.1, -0.05) is 6.42 Å². The first kappa shape index (κ1) is 9.71. The Morgan fingerprint density at radius 1 is 1.64 bits per heavy atom. The van der Waals surface area contributed by atoms with Crippen LogP contribution in [0.15, 0.2) is 12.4 Å². The molecule has 1 atom stereocenters. The van der Waals surface area contributed by atoms with Gasteiger partial charge < -0.3 is 9.67 Å². The van der Waals surface area contributed by atoms with Gasteiger partial charge in [-0.05, 0) is 25.7 Å². The van der Waals surface area contributed by atoms with Crippen molar-refractivity contribution in [3.05, 3.63) is 18.2 Å². The van der Waals surface area contributed by atoms with E-state index in [0.717, 1.165) is 18.7 Å². The molecule has 3 heteroatoms. The maximum atomic E-state index is 10.3. The van der Waals surface area contributed by atoms with Gasteiger partial charge in [-0.3, -0.25) is 0 Å². The van der Waals surface area contributed by atoms with E-state index >= 15 is 0 Å². The number of aryl methyl sites for hydroxylation is 1. The Hall–Kier alpha value is -0.830. The van der Waals surface area contributed by atoms with Gasteiger partial charge in [0, 0.05) is 25.9 Å². The van der Waals surface area contributed by atoms with Gasteiger partial charge >= 0.3 is 0 Å². The van der Waals surface area contributed by atoms with Crippen LogP contribution in [-0.2, 0) is 13.5 Å². The predicted octanol–water partition coefficient (Wildman–Crippen LogP) is 1.51. The molecule has 0 spiro atoms. The molecule has 1 heterocycles. The van der Waals surface area contributed by atoms with Crippen LogP contribution in [0.3, 0.4) is 0 Å². The quantitative estimate of drug-likeness (QED) is 0.792. The second-order valence-corrected chi connectivity index (χ2v) is 4.62. The molecule has 0 aromatic carbocycles. The highest BCUT2D eigenvalue weighted by atomic mass is 16.3. The molecule has 1 saturated carbocycles. The summed E-state index contributed by atoms with van der Waals surface area (Å²) < 4.78 is 1.98. The first-order valence-electron chi connectivity index (χ1n) is 5.28. The van der Waals surface area contributed by atoms with Gasteiger partial charge in [0.05, 0.1) is 5.60 Å². The minimum Gasteiger partial charge on any atom is -0.389 e. The molecule has 0 aliphatic heterocycles. The summed E-state index contributed by atoms with van der Waals surface area (Å²) in [7, 11) is 1.97. The number of aromatic nitrogens is 2. The van der Waals surface area contributed by atoms with Gasteiger partial charge in [0.25, 0.3) is 0 Å². The van der Waals surface area contributed by atoms with Crippen LogP contribution < -0.4 is 0 Å². The first-order chi connectivity index (χ1) is 6.59. The number of rotatable bonds is 3. The summed E-state index contributed by atoms with van der Waals surface area (Å²) in [5.74, 6) is 1.45. The van der Waals surface area contributed by atoms with Crippen LogP contribution in [0.5, 0.6) is 0 Å². The number of aliphatic hydroxyl groups is 1. The SMILES string of the molecule is Cn1ccnc1CC(C)(O)C1CCC1. The monoisotopic (exact) mass is 194 g/mol. The van der Waals surface area contributed by atoms with Crippen LogP contribution >= 0.6 is 0 Å². The largest absolute Gasteiger partial charge is 0.389 e. The fourth-order valence-corrected chi connectivity index (χ4v) is 2.06. The van der Waals surface area contributed by atoms with Crippen LogP contribution in [-0.4, -0.2) is 20.3 Å². The third-order valence-corrected chi connectivity index (χ3v) is 3.42. The van der Waals surface area contributed by atoms with E-state index in [1.807, 2.05) is 24.7 Å². The van der Waals surface area contributed by atoms with Gasteiger partial charge in [0.1, 0.15) is 5.82 Å². The highest BCUT2D eigenvalue weighted by Crippen LogP contribution is 2.37. The summed E-state index contributed by atoms with van der Waals surface area (Å²) in [6.07, 6.45) is 7.97. The zero-order valence-electron chi connectivity index (χ0n) is 8.90. The molecule has 1 fully saturated rings. The average Bonchev–Trinajstić information content (AvgIpc) is 2.30. The highest BCUT2D eigenvalue weighted by Gasteiger charge is 2.36. The van der Waals surface area contributed by atoms with E-state index in [-0.39, 0.29) is 0 Å². The Bertz CT molecular complexity index is 313. The molecule has 78 valence electrons. The lowest BCUT2D eigenvalue weighted by molar-refractivity contribution is -0.0358. The van der Waals surface area contributed by atoms with Crippen molar-refractivity contribution in [2.75, 3.05) is 0 Å². The van der Waals surface area contributed by atoms with Crippen LogP contribution in [0, 0.1) is 5.92 Å². The van der Waals surface area contributed by atoms with Gasteiger partial charge in [-0.25, -0.2) is 4.98 Å². The molecule has 1 aliphatic carbocycles. The summed E-state index contributed by atoms with van der Waals surface area (Å²) in [4.78, 5) is 4.24. The summed E-state index contributed by atoms with van der Waals surface area (Å²) in [5, 5.41) is 10.3. The molecule has 1 aromatic heterocycles. The minimum absolute atomic E-state index is 0.471.